The highest BCUT2D eigenvalue weighted by atomic mass is 79.9. The van der Waals surface area contributed by atoms with E-state index >= 15 is 0 Å². The maximum Gasteiger partial charge on any atom is 0.416 e. The van der Waals surface area contributed by atoms with E-state index in [4.69, 9.17) is 4.74 Å². The maximum atomic E-state index is 13.4. The summed E-state index contributed by atoms with van der Waals surface area (Å²) in [6.45, 7) is 0.149. The van der Waals surface area contributed by atoms with E-state index < -0.39 is 17.6 Å². The quantitative estimate of drug-likeness (QED) is 0.216. The number of hydrogen-bond acceptors (Lipinski definition) is 5. The van der Waals surface area contributed by atoms with Crippen LogP contribution < -0.4 is 15.6 Å². The highest BCUT2D eigenvalue weighted by Crippen LogP contribution is 2.31. The van der Waals surface area contributed by atoms with Gasteiger partial charge in [0.25, 0.3) is 5.56 Å². The Morgan fingerprint density at radius 1 is 1.11 bits per heavy atom. The lowest BCUT2D eigenvalue weighted by Gasteiger charge is -2.15. The third kappa shape index (κ3) is 5.90. The molecule has 0 fully saturated rings. The molecule has 0 saturated carbocycles. The summed E-state index contributed by atoms with van der Waals surface area (Å²) in [5.74, 6) is -0.110. The molecule has 36 heavy (non-hydrogen) atoms. The van der Waals surface area contributed by atoms with Gasteiger partial charge in [-0.15, -0.1) is 0 Å². The summed E-state index contributed by atoms with van der Waals surface area (Å²) in [7, 11) is 1.53. The first-order valence-corrected chi connectivity index (χ1v) is 12.4. The molecule has 1 amide bonds. The number of para-hydroxylation sites is 1. The van der Waals surface area contributed by atoms with Gasteiger partial charge >= 0.3 is 6.18 Å². The standard InChI is InChI=1S/C25H19BrF3N3O3S/c1-35-21-8-3-2-5-15(21)13-32-23(34)19-12-17(26)9-10-20(19)31-24(32)36-14-22(33)30-18-7-4-6-16(11-18)25(27,28)29/h2-12H,13-14H2,1H3,(H,30,33). The zero-order valence-electron chi connectivity index (χ0n) is 18.8. The number of amides is 1. The third-order valence-electron chi connectivity index (χ3n) is 5.21. The summed E-state index contributed by atoms with van der Waals surface area (Å²) < 4.78 is 46.5. The van der Waals surface area contributed by atoms with Gasteiger partial charge < -0.3 is 10.1 Å². The van der Waals surface area contributed by atoms with Gasteiger partial charge in [0.15, 0.2) is 5.16 Å². The van der Waals surface area contributed by atoms with Gasteiger partial charge in [-0.1, -0.05) is 52.0 Å². The van der Waals surface area contributed by atoms with E-state index in [1.165, 1.54) is 23.8 Å². The van der Waals surface area contributed by atoms with Gasteiger partial charge in [-0.3, -0.25) is 14.2 Å². The van der Waals surface area contributed by atoms with Gasteiger partial charge in [0.1, 0.15) is 5.75 Å². The van der Waals surface area contributed by atoms with Crippen LogP contribution in [-0.2, 0) is 17.5 Å². The van der Waals surface area contributed by atoms with E-state index in [2.05, 4.69) is 26.2 Å². The number of nitrogens with zero attached hydrogens (tertiary/aromatic N) is 2. The van der Waals surface area contributed by atoms with Gasteiger partial charge in [-0.2, -0.15) is 13.2 Å². The molecule has 1 N–H and O–H groups in total. The lowest BCUT2D eigenvalue weighted by atomic mass is 10.2. The van der Waals surface area contributed by atoms with Crippen LogP contribution in [0.4, 0.5) is 18.9 Å². The zero-order chi connectivity index (χ0) is 25.9. The molecule has 6 nitrogen and oxygen atoms in total. The van der Waals surface area contributed by atoms with Gasteiger partial charge in [0.2, 0.25) is 5.91 Å². The summed E-state index contributed by atoms with van der Waals surface area (Å²) in [5.41, 5.74) is 0.0703. The number of alkyl halides is 3. The number of hydrogen-bond donors (Lipinski definition) is 1. The van der Waals surface area contributed by atoms with Gasteiger partial charge in [0.05, 0.1) is 35.9 Å². The number of aromatic nitrogens is 2. The van der Waals surface area contributed by atoms with Crippen molar-refractivity contribution in [1.29, 1.82) is 0 Å². The zero-order valence-corrected chi connectivity index (χ0v) is 21.2. The summed E-state index contributed by atoms with van der Waals surface area (Å²) in [6.07, 6.45) is -4.52. The first kappa shape index (κ1) is 25.8. The molecular weight excluding hydrogens is 559 g/mol. The molecule has 0 aliphatic carbocycles. The first-order chi connectivity index (χ1) is 17.2. The number of carbonyl (C=O) groups excluding carboxylic acids is 1. The molecule has 0 atom stereocenters. The van der Waals surface area contributed by atoms with Crippen molar-refractivity contribution in [3.63, 3.8) is 0 Å². The molecule has 0 saturated heterocycles. The second-order valence-corrected chi connectivity index (χ2v) is 9.53. The van der Waals surface area contributed by atoms with Crippen molar-refractivity contribution in [2.45, 2.75) is 17.9 Å². The van der Waals surface area contributed by atoms with E-state index in [0.29, 0.717) is 21.8 Å². The van der Waals surface area contributed by atoms with Gasteiger partial charge in [0, 0.05) is 15.7 Å². The largest absolute Gasteiger partial charge is 0.496 e. The molecule has 0 unspecified atom stereocenters. The Labute approximate surface area is 216 Å². The SMILES string of the molecule is COc1ccccc1Cn1c(SCC(=O)Nc2cccc(C(F)(F)F)c2)nc2ccc(Br)cc2c1=O. The Morgan fingerprint density at radius 3 is 2.64 bits per heavy atom. The first-order valence-electron chi connectivity index (χ1n) is 10.6. The van der Waals surface area contributed by atoms with Crippen LogP contribution in [0.3, 0.4) is 0 Å². The molecule has 4 aromatic rings. The number of halogens is 4. The number of ether oxygens (including phenoxy) is 1. The van der Waals surface area contributed by atoms with Crippen molar-refractivity contribution < 1.29 is 22.7 Å². The Hall–Kier alpha value is -3.31. The van der Waals surface area contributed by atoms with Crippen LogP contribution >= 0.6 is 27.7 Å². The van der Waals surface area contributed by atoms with Gasteiger partial charge in [-0.25, -0.2) is 4.98 Å². The number of nitrogens with one attached hydrogen (secondary N) is 1. The van der Waals surface area contributed by atoms with Crippen LogP contribution in [0.5, 0.6) is 5.75 Å². The smallest absolute Gasteiger partial charge is 0.416 e. The Morgan fingerprint density at radius 2 is 1.89 bits per heavy atom. The molecule has 4 rings (SSSR count). The molecule has 3 aromatic carbocycles. The molecule has 0 radical (unpaired) electrons. The predicted octanol–water partition coefficient (Wildman–Crippen LogP) is 5.97. The Balaban J connectivity index is 1.63. The normalized spacial score (nSPS) is 11.5. The van der Waals surface area contributed by atoms with Crippen molar-refractivity contribution in [3.05, 3.63) is 92.7 Å². The minimum absolute atomic E-state index is 0.0261. The molecule has 0 aliphatic rings. The molecule has 0 aliphatic heterocycles. The number of anilines is 1. The van der Waals surface area contributed by atoms with Crippen molar-refractivity contribution in [1.82, 2.24) is 9.55 Å². The van der Waals surface area contributed by atoms with Crippen LogP contribution in [0.2, 0.25) is 0 Å². The van der Waals surface area contributed by atoms with Crippen molar-refractivity contribution >= 4 is 50.2 Å². The molecule has 186 valence electrons. The molecular formula is C25H19BrF3N3O3S. The van der Waals surface area contributed by atoms with E-state index in [1.54, 1.807) is 24.3 Å². The fourth-order valence-corrected chi connectivity index (χ4v) is 4.69. The van der Waals surface area contributed by atoms with Crippen LogP contribution in [-0.4, -0.2) is 28.3 Å². The van der Waals surface area contributed by atoms with E-state index in [1.807, 2.05) is 18.2 Å². The second-order valence-electron chi connectivity index (χ2n) is 7.67. The number of benzene rings is 3. The van der Waals surface area contributed by atoms with Crippen LogP contribution in [0.1, 0.15) is 11.1 Å². The van der Waals surface area contributed by atoms with Crippen LogP contribution in [0.15, 0.2) is 81.2 Å². The molecule has 0 bridgehead atoms. The number of fused-ring (bicyclic) bond motifs is 1. The predicted molar refractivity (Wildman–Crippen MR) is 137 cm³/mol. The van der Waals surface area contributed by atoms with Crippen LogP contribution in [0, 0.1) is 0 Å². The fraction of sp³-hybridized carbons (Fsp3) is 0.160. The number of carbonyl (C=O) groups is 1. The third-order valence-corrected chi connectivity index (χ3v) is 6.68. The molecule has 0 spiro atoms. The summed E-state index contributed by atoms with van der Waals surface area (Å²) >= 11 is 4.39. The van der Waals surface area contributed by atoms with E-state index in [0.717, 1.165) is 33.9 Å². The summed E-state index contributed by atoms with van der Waals surface area (Å²) in [4.78, 5) is 30.6. The van der Waals surface area contributed by atoms with E-state index in [-0.39, 0.29) is 23.5 Å². The minimum Gasteiger partial charge on any atom is -0.496 e. The van der Waals surface area contributed by atoms with Crippen molar-refractivity contribution in [3.8, 4) is 5.75 Å². The number of rotatable bonds is 7. The summed E-state index contributed by atoms with van der Waals surface area (Å²) in [5, 5.41) is 3.16. The van der Waals surface area contributed by atoms with Crippen molar-refractivity contribution in [2.24, 2.45) is 0 Å². The average Bonchev–Trinajstić information content (AvgIpc) is 2.85. The van der Waals surface area contributed by atoms with E-state index in [9.17, 15) is 22.8 Å². The van der Waals surface area contributed by atoms with Crippen molar-refractivity contribution in [2.75, 3.05) is 18.2 Å². The minimum atomic E-state index is -4.52. The number of methoxy groups -OCH3 is 1. The monoisotopic (exact) mass is 577 g/mol. The Bertz CT molecular complexity index is 1490. The highest BCUT2D eigenvalue weighted by Gasteiger charge is 2.30. The molecule has 11 heteroatoms. The van der Waals surface area contributed by atoms with Crippen LogP contribution in [0.25, 0.3) is 10.9 Å². The lowest BCUT2D eigenvalue weighted by Crippen LogP contribution is -2.25. The highest BCUT2D eigenvalue weighted by molar-refractivity contribution is 9.10. The summed E-state index contributed by atoms with van der Waals surface area (Å²) in [6, 6.07) is 16.8. The Kier molecular flexibility index (Phi) is 7.70. The molecule has 1 heterocycles. The lowest BCUT2D eigenvalue weighted by molar-refractivity contribution is -0.137. The number of thioether (sulfide) groups is 1. The topological polar surface area (TPSA) is 73.2 Å². The van der Waals surface area contributed by atoms with Gasteiger partial charge in [-0.05, 0) is 42.5 Å². The molecule has 1 aromatic heterocycles. The fourth-order valence-electron chi connectivity index (χ4n) is 3.53. The maximum absolute atomic E-state index is 13.4. The second kappa shape index (κ2) is 10.8. The average molecular weight is 578 g/mol.